The van der Waals surface area contributed by atoms with Crippen molar-refractivity contribution in [3.05, 3.63) is 0 Å². The zero-order valence-corrected chi connectivity index (χ0v) is 15.5. The molecular formula is C17H35N3O2. The Kier molecular flexibility index (Phi) is 6.68. The average molecular weight is 313 g/mol. The van der Waals surface area contributed by atoms with Crippen molar-refractivity contribution in [2.24, 2.45) is 5.92 Å². The molecule has 1 N–H and O–H groups in total. The van der Waals surface area contributed by atoms with Crippen LogP contribution in [-0.2, 0) is 4.74 Å². The van der Waals surface area contributed by atoms with Gasteiger partial charge in [-0.25, -0.2) is 4.79 Å². The van der Waals surface area contributed by atoms with E-state index in [1.54, 1.807) is 0 Å². The number of hydrogen-bond donors (Lipinski definition) is 1. The minimum Gasteiger partial charge on any atom is -0.444 e. The molecule has 1 atom stereocenters. The predicted octanol–water partition coefficient (Wildman–Crippen LogP) is 2.56. The topological polar surface area (TPSA) is 44.8 Å². The van der Waals surface area contributed by atoms with Gasteiger partial charge in [-0.1, -0.05) is 0 Å². The number of nitrogens with one attached hydrogen (secondary N) is 1. The molecule has 130 valence electrons. The third-order valence-electron chi connectivity index (χ3n) is 3.86. The number of rotatable bonds is 5. The maximum atomic E-state index is 12.4. The summed E-state index contributed by atoms with van der Waals surface area (Å²) >= 11 is 0. The third-order valence-corrected chi connectivity index (χ3v) is 3.86. The maximum Gasteiger partial charge on any atom is 0.410 e. The SMILES string of the molecule is CN1CCC(CNCCN(C(=O)OC(C)(C)C)C(C)(C)C)C1. The smallest absolute Gasteiger partial charge is 0.410 e. The number of likely N-dealkylation sites (tertiary alicyclic amines) is 1. The van der Waals surface area contributed by atoms with Crippen LogP contribution in [0.2, 0.25) is 0 Å². The zero-order chi connectivity index (χ0) is 17.0. The van der Waals surface area contributed by atoms with Crippen LogP contribution < -0.4 is 5.32 Å². The second-order valence-corrected chi connectivity index (χ2v) is 8.42. The van der Waals surface area contributed by atoms with Crippen LogP contribution in [-0.4, -0.2) is 66.8 Å². The lowest BCUT2D eigenvalue weighted by Crippen LogP contribution is -2.50. The first-order valence-corrected chi connectivity index (χ1v) is 8.39. The van der Waals surface area contributed by atoms with E-state index < -0.39 is 5.60 Å². The quantitative estimate of drug-likeness (QED) is 0.792. The summed E-state index contributed by atoms with van der Waals surface area (Å²) in [5, 5.41) is 3.49. The first-order chi connectivity index (χ1) is 9.99. The Morgan fingerprint density at radius 2 is 1.91 bits per heavy atom. The summed E-state index contributed by atoms with van der Waals surface area (Å²) in [7, 11) is 2.17. The van der Waals surface area contributed by atoms with E-state index in [0.717, 1.165) is 19.0 Å². The van der Waals surface area contributed by atoms with E-state index in [1.165, 1.54) is 19.5 Å². The third kappa shape index (κ3) is 6.97. The summed E-state index contributed by atoms with van der Waals surface area (Å²) in [5.41, 5.74) is -0.694. The second-order valence-electron chi connectivity index (χ2n) is 8.42. The highest BCUT2D eigenvalue weighted by atomic mass is 16.6. The first kappa shape index (κ1) is 19.2. The monoisotopic (exact) mass is 313 g/mol. The molecule has 1 fully saturated rings. The molecule has 5 nitrogen and oxygen atoms in total. The molecule has 1 aliphatic heterocycles. The van der Waals surface area contributed by atoms with Gasteiger partial charge < -0.3 is 19.9 Å². The lowest BCUT2D eigenvalue weighted by Gasteiger charge is -2.37. The lowest BCUT2D eigenvalue weighted by atomic mass is 10.1. The fraction of sp³-hybridized carbons (Fsp3) is 0.941. The normalized spacial score (nSPS) is 20.2. The van der Waals surface area contributed by atoms with Gasteiger partial charge in [0, 0.05) is 25.2 Å². The second kappa shape index (κ2) is 7.64. The molecule has 1 aliphatic rings. The molecule has 0 saturated carbocycles. The van der Waals surface area contributed by atoms with Crippen LogP contribution in [0.25, 0.3) is 0 Å². The molecule has 1 saturated heterocycles. The molecular weight excluding hydrogens is 278 g/mol. The summed E-state index contributed by atoms with van der Waals surface area (Å²) in [6.45, 7) is 16.7. The Labute approximate surface area is 136 Å². The van der Waals surface area contributed by atoms with E-state index in [-0.39, 0.29) is 11.6 Å². The summed E-state index contributed by atoms with van der Waals surface area (Å²) in [6, 6.07) is 0. The van der Waals surface area contributed by atoms with Gasteiger partial charge in [-0.15, -0.1) is 0 Å². The van der Waals surface area contributed by atoms with Crippen LogP contribution in [0.3, 0.4) is 0 Å². The Hall–Kier alpha value is -0.810. The number of amides is 1. The molecule has 1 amide bonds. The highest BCUT2D eigenvalue weighted by Crippen LogP contribution is 2.18. The van der Waals surface area contributed by atoms with Crippen molar-refractivity contribution in [3.8, 4) is 0 Å². The van der Waals surface area contributed by atoms with E-state index in [2.05, 4.69) is 17.3 Å². The molecule has 22 heavy (non-hydrogen) atoms. The van der Waals surface area contributed by atoms with Crippen LogP contribution in [0, 0.1) is 5.92 Å². The Bertz CT molecular complexity index is 358. The molecule has 1 rings (SSSR count). The van der Waals surface area contributed by atoms with Crippen molar-refractivity contribution in [1.29, 1.82) is 0 Å². The highest BCUT2D eigenvalue weighted by molar-refractivity contribution is 5.69. The van der Waals surface area contributed by atoms with Crippen LogP contribution in [0.15, 0.2) is 0 Å². The van der Waals surface area contributed by atoms with Crippen molar-refractivity contribution in [2.75, 3.05) is 39.8 Å². The van der Waals surface area contributed by atoms with Crippen LogP contribution in [0.1, 0.15) is 48.0 Å². The molecule has 1 heterocycles. The molecule has 0 aromatic carbocycles. The van der Waals surface area contributed by atoms with Gasteiger partial charge in [0.2, 0.25) is 0 Å². The lowest BCUT2D eigenvalue weighted by molar-refractivity contribution is 0.00661. The largest absolute Gasteiger partial charge is 0.444 e. The fourth-order valence-electron chi connectivity index (χ4n) is 2.71. The van der Waals surface area contributed by atoms with Crippen LogP contribution >= 0.6 is 0 Å². The predicted molar refractivity (Wildman–Crippen MR) is 91.2 cm³/mol. The molecule has 0 aliphatic carbocycles. The van der Waals surface area contributed by atoms with E-state index in [9.17, 15) is 4.79 Å². The molecule has 5 heteroatoms. The zero-order valence-electron chi connectivity index (χ0n) is 15.5. The van der Waals surface area contributed by atoms with Crippen molar-refractivity contribution in [1.82, 2.24) is 15.1 Å². The van der Waals surface area contributed by atoms with Gasteiger partial charge in [0.1, 0.15) is 5.60 Å². The van der Waals surface area contributed by atoms with Gasteiger partial charge in [0.15, 0.2) is 0 Å². The first-order valence-electron chi connectivity index (χ1n) is 8.39. The number of hydrogen-bond acceptors (Lipinski definition) is 4. The highest BCUT2D eigenvalue weighted by Gasteiger charge is 2.30. The van der Waals surface area contributed by atoms with Crippen LogP contribution in [0.5, 0.6) is 0 Å². The molecule has 0 aromatic heterocycles. The summed E-state index contributed by atoms with van der Waals surface area (Å²) in [4.78, 5) is 16.5. The number of nitrogens with zero attached hydrogens (tertiary/aromatic N) is 2. The summed E-state index contributed by atoms with van der Waals surface area (Å²) in [5.74, 6) is 0.731. The molecule has 0 bridgehead atoms. The minimum absolute atomic E-state index is 0.234. The number of ether oxygens (including phenoxy) is 1. The Balaban J connectivity index is 2.40. The van der Waals surface area contributed by atoms with Gasteiger partial charge in [0.25, 0.3) is 0 Å². The Morgan fingerprint density at radius 3 is 2.36 bits per heavy atom. The minimum atomic E-state index is -0.456. The molecule has 0 aromatic rings. The number of carbonyl (C=O) groups excluding carboxylic acids is 1. The number of carbonyl (C=O) groups is 1. The maximum absolute atomic E-state index is 12.4. The van der Waals surface area contributed by atoms with Crippen molar-refractivity contribution in [2.45, 2.75) is 59.1 Å². The summed E-state index contributed by atoms with van der Waals surface area (Å²) < 4.78 is 5.52. The van der Waals surface area contributed by atoms with Crippen molar-refractivity contribution >= 4 is 6.09 Å². The average Bonchev–Trinajstić information content (AvgIpc) is 2.70. The fourth-order valence-corrected chi connectivity index (χ4v) is 2.71. The van der Waals surface area contributed by atoms with Crippen molar-refractivity contribution < 1.29 is 9.53 Å². The molecule has 0 radical (unpaired) electrons. The van der Waals surface area contributed by atoms with Crippen LogP contribution in [0.4, 0.5) is 4.79 Å². The van der Waals surface area contributed by atoms with Gasteiger partial charge in [-0.3, -0.25) is 0 Å². The standard InChI is InChI=1S/C17H35N3O2/c1-16(2,3)20(15(21)22-17(4,5)6)11-9-18-12-14-8-10-19(7)13-14/h14,18H,8-13H2,1-7H3. The van der Waals surface area contributed by atoms with E-state index in [1.807, 2.05) is 46.4 Å². The van der Waals surface area contributed by atoms with Crippen molar-refractivity contribution in [3.63, 3.8) is 0 Å². The Morgan fingerprint density at radius 1 is 1.27 bits per heavy atom. The van der Waals surface area contributed by atoms with E-state index in [0.29, 0.717) is 6.54 Å². The molecule has 0 spiro atoms. The van der Waals surface area contributed by atoms with Gasteiger partial charge >= 0.3 is 6.09 Å². The van der Waals surface area contributed by atoms with Gasteiger partial charge in [-0.2, -0.15) is 0 Å². The van der Waals surface area contributed by atoms with Gasteiger partial charge in [0.05, 0.1) is 0 Å². The summed E-state index contributed by atoms with van der Waals surface area (Å²) in [6.07, 6.45) is 1.03. The molecule has 1 unspecified atom stereocenters. The van der Waals surface area contributed by atoms with Gasteiger partial charge in [-0.05, 0) is 74.0 Å². The van der Waals surface area contributed by atoms with E-state index >= 15 is 0 Å². The van der Waals surface area contributed by atoms with E-state index in [4.69, 9.17) is 4.74 Å².